The van der Waals surface area contributed by atoms with Crippen molar-refractivity contribution in [2.45, 2.75) is 13.8 Å². The van der Waals surface area contributed by atoms with Crippen LogP contribution in [0.3, 0.4) is 0 Å². The molecule has 0 aliphatic carbocycles. The Morgan fingerprint density at radius 3 is 2.30 bits per heavy atom. The number of nitrogens with one attached hydrogen (secondary N) is 1. The number of rotatable bonds is 6. The van der Waals surface area contributed by atoms with Crippen molar-refractivity contribution < 1.29 is 14.3 Å². The first-order valence-corrected chi connectivity index (χ1v) is 10.3. The van der Waals surface area contributed by atoms with E-state index in [1.54, 1.807) is 36.2 Å². The van der Waals surface area contributed by atoms with Gasteiger partial charge in [-0.05, 0) is 67.4 Å². The maximum absolute atomic E-state index is 12.8. The summed E-state index contributed by atoms with van der Waals surface area (Å²) in [4.78, 5) is 26.7. The normalized spacial score (nSPS) is 10.4. The maximum Gasteiger partial charge on any atom is 0.262 e. The highest BCUT2D eigenvalue weighted by molar-refractivity contribution is 9.10. The van der Waals surface area contributed by atoms with E-state index in [9.17, 15) is 9.59 Å². The third-order valence-corrected chi connectivity index (χ3v) is 5.07. The number of para-hydroxylation sites is 1. The fourth-order valence-corrected chi connectivity index (χ4v) is 3.84. The number of aryl methyl sites for hydroxylation is 2. The molecule has 1 N–H and O–H groups in total. The van der Waals surface area contributed by atoms with E-state index in [1.165, 1.54) is 0 Å². The van der Waals surface area contributed by atoms with Crippen LogP contribution >= 0.6 is 15.9 Å². The molecule has 5 nitrogen and oxygen atoms in total. The van der Waals surface area contributed by atoms with Gasteiger partial charge in [0.25, 0.3) is 11.8 Å². The van der Waals surface area contributed by atoms with Gasteiger partial charge < -0.3 is 15.0 Å². The van der Waals surface area contributed by atoms with Crippen molar-refractivity contribution in [1.82, 2.24) is 0 Å². The zero-order valence-corrected chi connectivity index (χ0v) is 18.7. The molecule has 0 unspecified atom stereocenters. The second kappa shape index (κ2) is 9.59. The lowest BCUT2D eigenvalue weighted by atomic mass is 10.1. The second-order valence-electron chi connectivity index (χ2n) is 6.99. The summed E-state index contributed by atoms with van der Waals surface area (Å²) in [6.45, 7) is 3.75. The predicted molar refractivity (Wildman–Crippen MR) is 123 cm³/mol. The number of ether oxygens (including phenoxy) is 1. The smallest absolute Gasteiger partial charge is 0.262 e. The highest BCUT2D eigenvalue weighted by Crippen LogP contribution is 2.27. The number of hydrogen-bond donors (Lipinski definition) is 1. The van der Waals surface area contributed by atoms with Gasteiger partial charge in [0.15, 0.2) is 6.61 Å². The molecule has 2 amide bonds. The first-order valence-electron chi connectivity index (χ1n) is 9.47. The van der Waals surface area contributed by atoms with Crippen LogP contribution in [-0.4, -0.2) is 25.5 Å². The van der Waals surface area contributed by atoms with Gasteiger partial charge in [-0.25, -0.2) is 0 Å². The molecule has 0 saturated carbocycles. The number of hydrogen-bond acceptors (Lipinski definition) is 3. The monoisotopic (exact) mass is 466 g/mol. The summed E-state index contributed by atoms with van der Waals surface area (Å²) in [5.74, 6) is 0.245. The summed E-state index contributed by atoms with van der Waals surface area (Å²) in [6.07, 6.45) is 0. The summed E-state index contributed by atoms with van der Waals surface area (Å²) in [5.41, 5.74) is 3.72. The van der Waals surface area contributed by atoms with Gasteiger partial charge in [-0.2, -0.15) is 0 Å². The van der Waals surface area contributed by atoms with Gasteiger partial charge in [0, 0.05) is 28.5 Å². The van der Waals surface area contributed by atoms with Crippen molar-refractivity contribution in [1.29, 1.82) is 0 Å². The number of anilines is 2. The van der Waals surface area contributed by atoms with Gasteiger partial charge in [-0.3, -0.25) is 9.59 Å². The molecule has 0 radical (unpaired) electrons. The van der Waals surface area contributed by atoms with Gasteiger partial charge in [-0.1, -0.05) is 40.2 Å². The summed E-state index contributed by atoms with van der Waals surface area (Å²) in [5, 5.41) is 2.79. The Hall–Kier alpha value is -3.12. The molecule has 0 spiro atoms. The Morgan fingerprint density at radius 2 is 1.63 bits per heavy atom. The van der Waals surface area contributed by atoms with Crippen molar-refractivity contribution in [2.24, 2.45) is 0 Å². The molecule has 3 aromatic carbocycles. The number of carbonyl (C=O) groups excluding carboxylic acids is 2. The number of amides is 2. The summed E-state index contributed by atoms with van der Waals surface area (Å²) in [7, 11) is 1.72. The largest absolute Gasteiger partial charge is 0.483 e. The SMILES string of the molecule is Cc1cc(Br)cc(C)c1OCC(=O)Nc1cccc(C(=O)N(C)c2ccccc2)c1. The summed E-state index contributed by atoms with van der Waals surface area (Å²) < 4.78 is 6.69. The summed E-state index contributed by atoms with van der Waals surface area (Å²) >= 11 is 3.45. The van der Waals surface area contributed by atoms with E-state index in [0.29, 0.717) is 17.0 Å². The van der Waals surface area contributed by atoms with Crippen molar-refractivity contribution >= 4 is 39.1 Å². The van der Waals surface area contributed by atoms with Gasteiger partial charge >= 0.3 is 0 Å². The van der Waals surface area contributed by atoms with E-state index < -0.39 is 0 Å². The first-order chi connectivity index (χ1) is 14.3. The summed E-state index contributed by atoms with van der Waals surface area (Å²) in [6, 6.07) is 20.2. The lowest BCUT2D eigenvalue weighted by Crippen LogP contribution is -2.26. The molecular formula is C24H23BrN2O3. The van der Waals surface area contributed by atoms with Crippen LogP contribution in [0.1, 0.15) is 21.5 Å². The predicted octanol–water partition coefficient (Wildman–Crippen LogP) is 5.36. The number of nitrogens with zero attached hydrogens (tertiary/aromatic N) is 1. The second-order valence-corrected chi connectivity index (χ2v) is 7.90. The first kappa shape index (κ1) is 21.6. The molecule has 0 heterocycles. The molecule has 0 atom stereocenters. The van der Waals surface area contributed by atoms with E-state index in [0.717, 1.165) is 21.3 Å². The van der Waals surface area contributed by atoms with Crippen LogP contribution in [0.5, 0.6) is 5.75 Å². The third kappa shape index (κ3) is 5.27. The van der Waals surface area contributed by atoms with Crippen molar-refractivity contribution in [3.63, 3.8) is 0 Å². The maximum atomic E-state index is 12.8. The van der Waals surface area contributed by atoms with Crippen molar-refractivity contribution in [3.8, 4) is 5.75 Å². The molecule has 30 heavy (non-hydrogen) atoms. The van der Waals surface area contributed by atoms with Crippen LogP contribution in [-0.2, 0) is 4.79 Å². The minimum atomic E-state index is -0.294. The van der Waals surface area contributed by atoms with E-state index in [2.05, 4.69) is 21.2 Å². The van der Waals surface area contributed by atoms with E-state index >= 15 is 0 Å². The lowest BCUT2D eigenvalue weighted by Gasteiger charge is -2.18. The molecule has 0 bridgehead atoms. The van der Waals surface area contributed by atoms with Crippen LogP contribution in [0.2, 0.25) is 0 Å². The molecule has 154 valence electrons. The van der Waals surface area contributed by atoms with Gasteiger partial charge in [0.2, 0.25) is 0 Å². The van der Waals surface area contributed by atoms with Crippen molar-refractivity contribution in [3.05, 3.63) is 87.9 Å². The Labute approximate surface area is 184 Å². The van der Waals surface area contributed by atoms with Gasteiger partial charge in [-0.15, -0.1) is 0 Å². The zero-order valence-electron chi connectivity index (χ0n) is 17.1. The topological polar surface area (TPSA) is 58.6 Å². The van der Waals surface area contributed by atoms with E-state index in [-0.39, 0.29) is 18.4 Å². The molecule has 3 aromatic rings. The molecular weight excluding hydrogens is 444 g/mol. The fraction of sp³-hybridized carbons (Fsp3) is 0.167. The van der Waals surface area contributed by atoms with Gasteiger partial charge in [0.1, 0.15) is 5.75 Å². The molecule has 3 rings (SSSR count). The van der Waals surface area contributed by atoms with Crippen LogP contribution in [0.15, 0.2) is 71.2 Å². The fourth-order valence-electron chi connectivity index (χ4n) is 3.15. The quantitative estimate of drug-likeness (QED) is 0.531. The average Bonchev–Trinajstić information content (AvgIpc) is 2.72. The Bertz CT molecular complexity index is 1040. The minimum absolute atomic E-state index is 0.120. The highest BCUT2D eigenvalue weighted by Gasteiger charge is 2.14. The van der Waals surface area contributed by atoms with Crippen LogP contribution in [0.4, 0.5) is 11.4 Å². The Morgan fingerprint density at radius 1 is 0.967 bits per heavy atom. The Balaban J connectivity index is 1.65. The molecule has 0 aliphatic heterocycles. The van der Waals surface area contributed by atoms with Crippen molar-refractivity contribution in [2.75, 3.05) is 23.9 Å². The molecule has 0 saturated heterocycles. The number of benzene rings is 3. The third-order valence-electron chi connectivity index (χ3n) is 4.61. The highest BCUT2D eigenvalue weighted by atomic mass is 79.9. The minimum Gasteiger partial charge on any atom is -0.483 e. The van der Waals surface area contributed by atoms with E-state index in [1.807, 2.05) is 56.3 Å². The number of halogens is 1. The van der Waals surface area contributed by atoms with Crippen LogP contribution in [0, 0.1) is 13.8 Å². The number of carbonyl (C=O) groups is 2. The average molecular weight is 467 g/mol. The lowest BCUT2D eigenvalue weighted by molar-refractivity contribution is -0.118. The molecule has 0 aromatic heterocycles. The van der Waals surface area contributed by atoms with Crippen LogP contribution < -0.4 is 15.0 Å². The molecule has 0 fully saturated rings. The van der Waals surface area contributed by atoms with Gasteiger partial charge in [0.05, 0.1) is 0 Å². The Kier molecular flexibility index (Phi) is 6.90. The van der Waals surface area contributed by atoms with E-state index in [4.69, 9.17) is 4.74 Å². The standard InChI is InChI=1S/C24H23BrN2O3/c1-16-12-19(25)13-17(2)23(16)30-15-22(28)26-20-9-7-8-18(14-20)24(29)27(3)21-10-5-4-6-11-21/h4-14H,15H2,1-3H3,(H,26,28). The van der Waals surface area contributed by atoms with Crippen LogP contribution in [0.25, 0.3) is 0 Å². The zero-order chi connectivity index (χ0) is 21.7. The molecule has 0 aliphatic rings. The molecule has 6 heteroatoms.